The molecule has 1 aromatic heterocycles. The highest BCUT2D eigenvalue weighted by atomic mass is 32.2. The molecule has 2 amide bonds. The summed E-state index contributed by atoms with van der Waals surface area (Å²) in [5.41, 5.74) is 0.791. The monoisotopic (exact) mass is 323 g/mol. The fraction of sp³-hybridized carbons (Fsp3) is 0.286. The number of aryl methyl sites for hydroxylation is 1. The van der Waals surface area contributed by atoms with E-state index in [2.05, 4.69) is 15.8 Å². The fourth-order valence-electron chi connectivity index (χ4n) is 1.86. The summed E-state index contributed by atoms with van der Waals surface area (Å²) in [6.45, 7) is 3.52. The SMILES string of the molecule is Cc1cc(NC(=O)N[C@H](C)c2ccc(S(C)(=O)=O)cc2)no1. The minimum Gasteiger partial charge on any atom is -0.360 e. The summed E-state index contributed by atoms with van der Waals surface area (Å²) in [4.78, 5) is 12.1. The Balaban J connectivity index is 1.99. The molecule has 0 aliphatic heterocycles. The maximum Gasteiger partial charge on any atom is 0.320 e. The van der Waals surface area contributed by atoms with Crippen molar-refractivity contribution >= 4 is 21.7 Å². The normalized spacial score (nSPS) is 12.7. The van der Waals surface area contributed by atoms with Crippen LogP contribution in [0.25, 0.3) is 0 Å². The molecule has 0 radical (unpaired) electrons. The Morgan fingerprint density at radius 3 is 2.41 bits per heavy atom. The maximum atomic E-state index is 11.8. The van der Waals surface area contributed by atoms with Gasteiger partial charge >= 0.3 is 6.03 Å². The van der Waals surface area contributed by atoms with Gasteiger partial charge in [-0.1, -0.05) is 17.3 Å². The van der Waals surface area contributed by atoms with Crippen LogP contribution >= 0.6 is 0 Å². The summed E-state index contributed by atoms with van der Waals surface area (Å²) < 4.78 is 27.7. The minimum absolute atomic E-state index is 0.242. The number of anilines is 1. The molecule has 22 heavy (non-hydrogen) atoms. The first-order valence-electron chi connectivity index (χ1n) is 6.56. The third-order valence-electron chi connectivity index (χ3n) is 3.03. The van der Waals surface area contributed by atoms with Crippen molar-refractivity contribution in [1.82, 2.24) is 10.5 Å². The van der Waals surface area contributed by atoms with Crippen LogP contribution in [0.5, 0.6) is 0 Å². The third-order valence-corrected chi connectivity index (χ3v) is 4.15. The zero-order chi connectivity index (χ0) is 16.3. The van der Waals surface area contributed by atoms with Crippen molar-refractivity contribution in [3.63, 3.8) is 0 Å². The van der Waals surface area contributed by atoms with Crippen molar-refractivity contribution in [2.45, 2.75) is 24.8 Å². The summed E-state index contributed by atoms with van der Waals surface area (Å²) >= 11 is 0. The van der Waals surface area contributed by atoms with E-state index in [4.69, 9.17) is 4.52 Å². The summed E-state index contributed by atoms with van der Waals surface area (Å²) in [5, 5.41) is 8.94. The smallest absolute Gasteiger partial charge is 0.320 e. The Hall–Kier alpha value is -2.35. The average molecular weight is 323 g/mol. The standard InChI is InChI=1S/C14H17N3O4S/c1-9-8-13(17-21-9)16-14(18)15-10(2)11-4-6-12(7-5-11)22(3,19)20/h4-8,10H,1-3H3,(H2,15,16,17,18)/t10-/m1/s1. The van der Waals surface area contributed by atoms with E-state index in [1.807, 2.05) is 0 Å². The zero-order valence-corrected chi connectivity index (χ0v) is 13.3. The van der Waals surface area contributed by atoms with Gasteiger partial charge in [0, 0.05) is 12.3 Å². The number of sulfone groups is 1. The fourth-order valence-corrected chi connectivity index (χ4v) is 2.49. The molecule has 0 aliphatic carbocycles. The highest BCUT2D eigenvalue weighted by Crippen LogP contribution is 2.16. The molecule has 0 fully saturated rings. The van der Waals surface area contributed by atoms with Crippen LogP contribution < -0.4 is 10.6 Å². The number of benzene rings is 1. The molecule has 0 spiro atoms. The molecule has 2 aromatic rings. The van der Waals surface area contributed by atoms with Gasteiger partial charge < -0.3 is 9.84 Å². The molecule has 1 aromatic carbocycles. The summed E-state index contributed by atoms with van der Waals surface area (Å²) in [7, 11) is -3.23. The van der Waals surface area contributed by atoms with E-state index in [-0.39, 0.29) is 10.9 Å². The number of nitrogens with zero attached hydrogens (tertiary/aromatic N) is 1. The Labute approximate surface area is 128 Å². The van der Waals surface area contributed by atoms with Crippen LogP contribution in [-0.4, -0.2) is 25.9 Å². The van der Waals surface area contributed by atoms with Gasteiger partial charge in [0.1, 0.15) is 5.76 Å². The van der Waals surface area contributed by atoms with Gasteiger partial charge in [0.05, 0.1) is 10.9 Å². The number of rotatable bonds is 4. The molecule has 118 valence electrons. The molecule has 0 aliphatic rings. The van der Waals surface area contributed by atoms with Gasteiger partial charge in [-0.15, -0.1) is 0 Å². The third kappa shape index (κ3) is 4.08. The number of urea groups is 1. The van der Waals surface area contributed by atoms with Crippen molar-refractivity contribution in [1.29, 1.82) is 0 Å². The van der Waals surface area contributed by atoms with Crippen molar-refractivity contribution in [3.05, 3.63) is 41.7 Å². The zero-order valence-electron chi connectivity index (χ0n) is 12.5. The minimum atomic E-state index is -3.23. The Morgan fingerprint density at radius 1 is 1.27 bits per heavy atom. The first-order chi connectivity index (χ1) is 10.3. The van der Waals surface area contributed by atoms with Crippen LogP contribution in [0.3, 0.4) is 0 Å². The average Bonchev–Trinajstić information content (AvgIpc) is 2.83. The Kier molecular flexibility index (Phi) is 4.51. The van der Waals surface area contributed by atoms with E-state index >= 15 is 0 Å². The molecule has 0 saturated heterocycles. The topological polar surface area (TPSA) is 101 Å². The summed E-state index contributed by atoms with van der Waals surface area (Å²) in [5.74, 6) is 0.925. The molecular weight excluding hydrogens is 306 g/mol. The molecule has 2 rings (SSSR count). The van der Waals surface area contributed by atoms with Gasteiger partial charge in [-0.25, -0.2) is 13.2 Å². The van der Waals surface area contributed by atoms with Crippen LogP contribution in [0.1, 0.15) is 24.3 Å². The van der Waals surface area contributed by atoms with Crippen LogP contribution in [0.4, 0.5) is 10.6 Å². The van der Waals surface area contributed by atoms with Gasteiger partial charge in [-0.2, -0.15) is 0 Å². The van der Waals surface area contributed by atoms with Crippen molar-refractivity contribution in [2.75, 3.05) is 11.6 Å². The second-order valence-corrected chi connectivity index (χ2v) is 7.00. The van der Waals surface area contributed by atoms with E-state index in [1.54, 1.807) is 32.0 Å². The largest absolute Gasteiger partial charge is 0.360 e. The lowest BCUT2D eigenvalue weighted by Crippen LogP contribution is -2.31. The summed E-state index contributed by atoms with van der Waals surface area (Å²) in [6.07, 6.45) is 1.15. The molecule has 0 bridgehead atoms. The van der Waals surface area contributed by atoms with E-state index in [0.717, 1.165) is 11.8 Å². The number of hydrogen-bond donors (Lipinski definition) is 2. The second kappa shape index (κ2) is 6.18. The van der Waals surface area contributed by atoms with Crippen LogP contribution in [0, 0.1) is 6.92 Å². The number of carbonyl (C=O) groups is 1. The molecule has 0 unspecified atom stereocenters. The molecule has 7 nitrogen and oxygen atoms in total. The molecule has 1 atom stereocenters. The predicted octanol–water partition coefficient (Wildman–Crippen LogP) is 2.27. The van der Waals surface area contributed by atoms with Gasteiger partial charge in [0.15, 0.2) is 15.7 Å². The first kappa shape index (κ1) is 16.0. The van der Waals surface area contributed by atoms with E-state index in [1.165, 1.54) is 12.1 Å². The van der Waals surface area contributed by atoms with Gasteiger partial charge in [0.2, 0.25) is 0 Å². The van der Waals surface area contributed by atoms with Crippen LogP contribution in [0.2, 0.25) is 0 Å². The van der Waals surface area contributed by atoms with Crippen molar-refractivity contribution in [2.24, 2.45) is 0 Å². The number of aromatic nitrogens is 1. The van der Waals surface area contributed by atoms with Gasteiger partial charge in [-0.3, -0.25) is 5.32 Å². The lowest BCUT2D eigenvalue weighted by Gasteiger charge is -2.14. The van der Waals surface area contributed by atoms with Gasteiger partial charge in [0.25, 0.3) is 0 Å². The predicted molar refractivity (Wildman–Crippen MR) is 81.4 cm³/mol. The Morgan fingerprint density at radius 2 is 1.91 bits per heavy atom. The van der Waals surface area contributed by atoms with E-state index in [9.17, 15) is 13.2 Å². The van der Waals surface area contributed by atoms with Crippen LogP contribution in [0.15, 0.2) is 39.8 Å². The highest BCUT2D eigenvalue weighted by Gasteiger charge is 2.12. The van der Waals surface area contributed by atoms with Crippen molar-refractivity contribution < 1.29 is 17.7 Å². The molecule has 0 saturated carbocycles. The number of hydrogen-bond acceptors (Lipinski definition) is 5. The number of carbonyl (C=O) groups excluding carboxylic acids is 1. The molecular formula is C14H17N3O4S. The molecule has 1 heterocycles. The lowest BCUT2D eigenvalue weighted by atomic mass is 10.1. The maximum absolute atomic E-state index is 11.8. The highest BCUT2D eigenvalue weighted by molar-refractivity contribution is 7.90. The Bertz CT molecular complexity index is 766. The van der Waals surface area contributed by atoms with E-state index < -0.39 is 15.9 Å². The van der Waals surface area contributed by atoms with Crippen LogP contribution in [-0.2, 0) is 9.84 Å². The molecule has 2 N–H and O–H groups in total. The number of amides is 2. The van der Waals surface area contributed by atoms with E-state index in [0.29, 0.717) is 11.6 Å². The first-order valence-corrected chi connectivity index (χ1v) is 8.45. The summed E-state index contributed by atoms with van der Waals surface area (Å²) in [6, 6.07) is 7.26. The quantitative estimate of drug-likeness (QED) is 0.898. The lowest BCUT2D eigenvalue weighted by molar-refractivity contribution is 0.249. The van der Waals surface area contributed by atoms with Gasteiger partial charge in [-0.05, 0) is 31.5 Å². The molecule has 8 heteroatoms. The number of nitrogens with one attached hydrogen (secondary N) is 2. The van der Waals surface area contributed by atoms with Crippen molar-refractivity contribution in [3.8, 4) is 0 Å². The second-order valence-electron chi connectivity index (χ2n) is 4.98.